The number of hydrogen-bond acceptors (Lipinski definition) is 3. The molecule has 0 spiro atoms. The van der Waals surface area contributed by atoms with Gasteiger partial charge >= 0.3 is 0 Å². The molecule has 0 unspecified atom stereocenters. The van der Waals surface area contributed by atoms with Gasteiger partial charge in [0.25, 0.3) is 0 Å². The predicted octanol–water partition coefficient (Wildman–Crippen LogP) is 4.06. The van der Waals surface area contributed by atoms with Crippen LogP contribution in [0.25, 0.3) is 22.0 Å². The van der Waals surface area contributed by atoms with Crippen molar-refractivity contribution in [2.45, 2.75) is 13.8 Å². The fourth-order valence-corrected chi connectivity index (χ4v) is 4.00. The fourth-order valence-electron chi connectivity index (χ4n) is 3.41. The Kier molecular flexibility index (Phi) is 4.96. The van der Waals surface area contributed by atoms with Crippen LogP contribution in [0.2, 0.25) is 0 Å². The fraction of sp³-hybridized carbons (Fsp3) is 0.300. The van der Waals surface area contributed by atoms with Gasteiger partial charge in [-0.1, -0.05) is 30.3 Å². The SMILES string of the molecule is CCN(CC)c1ccc(-c2c(NS(C)(=O)=O)n(C)c3ccccc23)cc1. The standard InChI is InChI=1S/C20H25N3O2S/c1-5-23(6-2)16-13-11-15(12-14-16)19-17-9-7-8-10-18(17)22(3)20(19)21-26(4,24)25/h7-14,21H,5-6H2,1-4H3. The van der Waals surface area contributed by atoms with E-state index in [1.54, 1.807) is 0 Å². The van der Waals surface area contributed by atoms with E-state index >= 15 is 0 Å². The molecule has 26 heavy (non-hydrogen) atoms. The van der Waals surface area contributed by atoms with Crippen molar-refractivity contribution in [2.24, 2.45) is 7.05 Å². The van der Waals surface area contributed by atoms with E-state index in [2.05, 4.69) is 47.7 Å². The molecule has 138 valence electrons. The number of aryl methyl sites for hydroxylation is 1. The number of sulfonamides is 1. The molecule has 6 heteroatoms. The Balaban J connectivity index is 2.19. The Bertz CT molecular complexity index is 1020. The van der Waals surface area contributed by atoms with Crippen LogP contribution in [-0.4, -0.2) is 32.3 Å². The molecule has 0 saturated carbocycles. The Hall–Kier alpha value is -2.47. The second-order valence-corrected chi connectivity index (χ2v) is 8.14. The maximum Gasteiger partial charge on any atom is 0.230 e. The Morgan fingerprint density at radius 3 is 2.19 bits per heavy atom. The zero-order valence-electron chi connectivity index (χ0n) is 15.7. The first kappa shape index (κ1) is 18.3. The summed E-state index contributed by atoms with van der Waals surface area (Å²) in [5.41, 5.74) is 4.04. The van der Waals surface area contributed by atoms with Gasteiger partial charge in [-0.05, 0) is 37.6 Å². The molecule has 0 bridgehead atoms. The molecule has 0 aliphatic carbocycles. The Morgan fingerprint density at radius 1 is 1.00 bits per heavy atom. The number of fused-ring (bicyclic) bond motifs is 1. The van der Waals surface area contributed by atoms with E-state index in [9.17, 15) is 8.42 Å². The molecule has 2 aromatic carbocycles. The minimum absolute atomic E-state index is 0.587. The molecule has 0 aliphatic rings. The van der Waals surface area contributed by atoms with Gasteiger partial charge in [-0.15, -0.1) is 0 Å². The monoisotopic (exact) mass is 371 g/mol. The third kappa shape index (κ3) is 3.42. The first-order valence-electron chi connectivity index (χ1n) is 8.76. The summed E-state index contributed by atoms with van der Waals surface area (Å²) in [7, 11) is -1.51. The van der Waals surface area contributed by atoms with Gasteiger partial charge in [0.05, 0.1) is 11.8 Å². The summed E-state index contributed by atoms with van der Waals surface area (Å²) >= 11 is 0. The maximum atomic E-state index is 11.9. The lowest BCUT2D eigenvalue weighted by molar-refractivity contribution is 0.606. The molecule has 0 aliphatic heterocycles. The highest BCUT2D eigenvalue weighted by Crippen LogP contribution is 2.38. The quantitative estimate of drug-likeness (QED) is 0.711. The van der Waals surface area contributed by atoms with Crippen molar-refractivity contribution in [1.29, 1.82) is 0 Å². The van der Waals surface area contributed by atoms with Crippen LogP contribution < -0.4 is 9.62 Å². The van der Waals surface area contributed by atoms with E-state index in [0.717, 1.165) is 40.8 Å². The minimum atomic E-state index is -3.39. The molecule has 1 heterocycles. The molecule has 0 amide bonds. The van der Waals surface area contributed by atoms with Crippen LogP contribution in [0.5, 0.6) is 0 Å². The summed E-state index contributed by atoms with van der Waals surface area (Å²) in [6.45, 7) is 6.17. The largest absolute Gasteiger partial charge is 0.372 e. The van der Waals surface area contributed by atoms with Crippen LogP contribution in [0.3, 0.4) is 0 Å². The van der Waals surface area contributed by atoms with E-state index in [0.29, 0.717) is 5.82 Å². The summed E-state index contributed by atoms with van der Waals surface area (Å²) in [6, 6.07) is 16.3. The van der Waals surface area contributed by atoms with Gasteiger partial charge in [-0.2, -0.15) is 0 Å². The van der Waals surface area contributed by atoms with E-state index in [1.807, 2.05) is 35.9 Å². The van der Waals surface area contributed by atoms with Gasteiger partial charge < -0.3 is 9.47 Å². The van der Waals surface area contributed by atoms with Crippen molar-refractivity contribution >= 4 is 32.4 Å². The van der Waals surface area contributed by atoms with Crippen molar-refractivity contribution in [3.05, 3.63) is 48.5 Å². The lowest BCUT2D eigenvalue weighted by atomic mass is 10.0. The molecule has 0 atom stereocenters. The number of nitrogens with zero attached hydrogens (tertiary/aromatic N) is 2. The summed E-state index contributed by atoms with van der Waals surface area (Å²) in [4.78, 5) is 2.28. The number of hydrogen-bond donors (Lipinski definition) is 1. The second-order valence-electron chi connectivity index (χ2n) is 6.39. The highest BCUT2D eigenvalue weighted by Gasteiger charge is 2.19. The molecule has 0 radical (unpaired) electrons. The van der Waals surface area contributed by atoms with Gasteiger partial charge in [0.15, 0.2) is 0 Å². The van der Waals surface area contributed by atoms with Crippen molar-refractivity contribution in [3.8, 4) is 11.1 Å². The van der Waals surface area contributed by atoms with Gasteiger partial charge in [0.2, 0.25) is 10.0 Å². The van der Waals surface area contributed by atoms with Crippen LogP contribution in [0.1, 0.15) is 13.8 Å². The summed E-state index contributed by atoms with van der Waals surface area (Å²) in [6.07, 6.45) is 1.18. The van der Waals surface area contributed by atoms with E-state index in [1.165, 1.54) is 6.26 Å². The van der Waals surface area contributed by atoms with Gasteiger partial charge in [0.1, 0.15) is 5.82 Å². The predicted molar refractivity (Wildman–Crippen MR) is 110 cm³/mol. The van der Waals surface area contributed by atoms with Crippen molar-refractivity contribution in [1.82, 2.24) is 4.57 Å². The maximum absolute atomic E-state index is 11.9. The first-order valence-corrected chi connectivity index (χ1v) is 10.7. The second kappa shape index (κ2) is 7.03. The Labute approximate surface area is 155 Å². The van der Waals surface area contributed by atoms with Crippen molar-refractivity contribution in [3.63, 3.8) is 0 Å². The van der Waals surface area contributed by atoms with Crippen LogP contribution in [-0.2, 0) is 17.1 Å². The van der Waals surface area contributed by atoms with Crippen molar-refractivity contribution in [2.75, 3.05) is 29.0 Å². The molecule has 5 nitrogen and oxygen atoms in total. The minimum Gasteiger partial charge on any atom is -0.372 e. The molecule has 3 aromatic rings. The van der Waals surface area contributed by atoms with Gasteiger partial charge in [-0.3, -0.25) is 4.72 Å². The average Bonchev–Trinajstić information content (AvgIpc) is 2.88. The lowest BCUT2D eigenvalue weighted by Gasteiger charge is -2.21. The lowest BCUT2D eigenvalue weighted by Crippen LogP contribution is -2.21. The summed E-state index contributed by atoms with van der Waals surface area (Å²) in [5, 5.41) is 1.02. The number of rotatable bonds is 6. The van der Waals surface area contributed by atoms with Crippen molar-refractivity contribution < 1.29 is 8.42 Å². The zero-order chi connectivity index (χ0) is 18.9. The van der Waals surface area contributed by atoms with Crippen LogP contribution in [0.15, 0.2) is 48.5 Å². The van der Waals surface area contributed by atoms with Crippen LogP contribution in [0.4, 0.5) is 11.5 Å². The zero-order valence-corrected chi connectivity index (χ0v) is 16.5. The van der Waals surface area contributed by atoms with Gasteiger partial charge in [-0.25, -0.2) is 8.42 Å². The average molecular weight is 372 g/mol. The third-order valence-corrected chi connectivity index (χ3v) is 5.24. The highest BCUT2D eigenvalue weighted by molar-refractivity contribution is 7.92. The van der Waals surface area contributed by atoms with Gasteiger partial charge in [0, 0.05) is 36.8 Å². The number of anilines is 2. The molecule has 0 fully saturated rings. The summed E-state index contributed by atoms with van der Waals surface area (Å²) < 4.78 is 28.4. The third-order valence-electron chi connectivity index (χ3n) is 4.67. The number of para-hydroxylation sites is 1. The molecular formula is C20H25N3O2S. The number of aromatic nitrogens is 1. The Morgan fingerprint density at radius 2 is 1.62 bits per heavy atom. The summed E-state index contributed by atoms with van der Waals surface area (Å²) in [5.74, 6) is 0.587. The van der Waals surface area contributed by atoms with E-state index in [-0.39, 0.29) is 0 Å². The number of nitrogens with one attached hydrogen (secondary N) is 1. The van der Waals surface area contributed by atoms with E-state index < -0.39 is 10.0 Å². The van der Waals surface area contributed by atoms with E-state index in [4.69, 9.17) is 0 Å². The smallest absolute Gasteiger partial charge is 0.230 e. The topological polar surface area (TPSA) is 54.3 Å². The molecular weight excluding hydrogens is 346 g/mol. The van der Waals surface area contributed by atoms with Crippen LogP contribution >= 0.6 is 0 Å². The number of benzene rings is 2. The normalized spacial score (nSPS) is 11.7. The molecule has 1 N–H and O–H groups in total. The van der Waals surface area contributed by atoms with Crippen LogP contribution in [0, 0.1) is 0 Å². The molecule has 3 rings (SSSR count). The molecule has 0 saturated heterocycles. The molecule has 1 aromatic heterocycles. The highest BCUT2D eigenvalue weighted by atomic mass is 32.2. The first-order chi connectivity index (χ1) is 12.4.